The van der Waals surface area contributed by atoms with E-state index < -0.39 is 50.0 Å². The Morgan fingerprint density at radius 3 is 2.38 bits per heavy atom. The summed E-state index contributed by atoms with van der Waals surface area (Å²) in [6.07, 6.45) is 3.89. The Morgan fingerprint density at radius 2 is 1.73 bits per heavy atom. The molecule has 1 fully saturated rings. The van der Waals surface area contributed by atoms with E-state index in [2.05, 4.69) is 39.4 Å². The minimum atomic E-state index is -2.33. The van der Waals surface area contributed by atoms with Gasteiger partial charge >= 0.3 is 135 Å². The first kappa shape index (κ1) is 30.2. The molecule has 0 bridgehead atoms. The van der Waals surface area contributed by atoms with Crippen molar-refractivity contribution in [3.8, 4) is 22.5 Å². The Labute approximate surface area is 338 Å². The molecule has 275 valence electrons. The van der Waals surface area contributed by atoms with E-state index in [-0.39, 0.29) is 48.1 Å². The van der Waals surface area contributed by atoms with Crippen molar-refractivity contribution in [2.45, 2.75) is 103 Å². The Bertz CT molecular complexity index is 2480. The summed E-state index contributed by atoms with van der Waals surface area (Å²) in [7, 11) is 0. The summed E-state index contributed by atoms with van der Waals surface area (Å²) >= 11 is -2.24. The van der Waals surface area contributed by atoms with E-state index in [0.29, 0.717) is 27.8 Å². The van der Waals surface area contributed by atoms with Gasteiger partial charge in [-0.3, -0.25) is 4.39 Å². The molecule has 0 amide bonds. The van der Waals surface area contributed by atoms with Crippen LogP contribution in [0.25, 0.3) is 44.5 Å². The molecule has 3 aromatic carbocycles. The van der Waals surface area contributed by atoms with E-state index in [1.807, 2.05) is 57.3 Å². The Hall–Kier alpha value is -3.12. The molecule has 3 aromatic heterocycles. The van der Waals surface area contributed by atoms with Gasteiger partial charge in [0.05, 0.1) is 5.58 Å². The molecular weight excluding hydrogens is 880 g/mol. The van der Waals surface area contributed by atoms with Crippen molar-refractivity contribution in [2.24, 2.45) is 11.3 Å². The normalized spacial score (nSPS) is 17.0. The third-order valence-electron chi connectivity index (χ3n) is 9.12. The van der Waals surface area contributed by atoms with Gasteiger partial charge in [0.2, 0.25) is 0 Å². The maximum absolute atomic E-state index is 15.0. The quantitative estimate of drug-likeness (QED) is 0.118. The van der Waals surface area contributed by atoms with Crippen molar-refractivity contribution < 1.29 is 39.9 Å². The molecule has 0 unspecified atom stereocenters. The minimum Gasteiger partial charge on any atom is 0 e. The second-order valence-corrected chi connectivity index (χ2v) is 26.4. The molecule has 1 saturated carbocycles. The van der Waals surface area contributed by atoms with Crippen molar-refractivity contribution >= 4 is 39.6 Å². The van der Waals surface area contributed by atoms with E-state index in [9.17, 15) is 4.39 Å². The number of hydrogen-bond acceptors (Lipinski definition) is 3. The van der Waals surface area contributed by atoms with Gasteiger partial charge in [-0.15, -0.1) is 12.1 Å². The van der Waals surface area contributed by atoms with Gasteiger partial charge in [0, 0.05) is 45.7 Å². The fraction of sp³-hybridized carbons (Fsp3) is 0.391. The average molecular weight is 942 g/mol. The second kappa shape index (κ2) is 16.5. The summed E-state index contributed by atoms with van der Waals surface area (Å²) in [5.41, 5.74) is 4.17. The van der Waals surface area contributed by atoms with Crippen LogP contribution < -0.4 is 4.40 Å². The Kier molecular flexibility index (Phi) is 9.59. The van der Waals surface area contributed by atoms with Crippen LogP contribution in [0.4, 0.5) is 4.39 Å². The van der Waals surface area contributed by atoms with Crippen LogP contribution in [0.2, 0.25) is 17.3 Å². The summed E-state index contributed by atoms with van der Waals surface area (Å²) in [4.78, 5) is 9.15. The van der Waals surface area contributed by atoms with Crippen LogP contribution >= 0.6 is 0 Å². The Morgan fingerprint density at radius 1 is 1.00 bits per heavy atom. The van der Waals surface area contributed by atoms with Crippen molar-refractivity contribution in [3.05, 3.63) is 113 Å². The number of rotatable bonds is 7. The molecule has 0 atom stereocenters. The van der Waals surface area contributed by atoms with Gasteiger partial charge in [0.25, 0.3) is 0 Å². The molecule has 3 heterocycles. The van der Waals surface area contributed by atoms with Crippen LogP contribution in [0, 0.1) is 36.1 Å². The predicted molar refractivity (Wildman–Crippen MR) is 215 cm³/mol. The molecular formula is C46H53FGeIrN2O-2. The zero-order valence-electron chi connectivity index (χ0n) is 39.3. The van der Waals surface area contributed by atoms with E-state index >= 15 is 0 Å². The molecule has 1 aliphatic carbocycles. The Balaban J connectivity index is 0.000000247. The van der Waals surface area contributed by atoms with Crippen LogP contribution in [-0.4, -0.2) is 23.2 Å². The zero-order chi connectivity index (χ0) is 43.5. The van der Waals surface area contributed by atoms with E-state index in [0.717, 1.165) is 46.9 Å². The van der Waals surface area contributed by atoms with Gasteiger partial charge in [-0.2, -0.15) is 0 Å². The van der Waals surface area contributed by atoms with Gasteiger partial charge in [0.15, 0.2) is 0 Å². The second-order valence-electron chi connectivity index (χ2n) is 15.8. The smallest absolute Gasteiger partial charge is 0 e. The number of aromatic nitrogens is 2. The van der Waals surface area contributed by atoms with Crippen molar-refractivity contribution in [1.29, 1.82) is 0 Å². The minimum absolute atomic E-state index is 0. The monoisotopic (exact) mass is 943 g/mol. The van der Waals surface area contributed by atoms with Gasteiger partial charge in [-0.25, -0.2) is 0 Å². The summed E-state index contributed by atoms with van der Waals surface area (Å²) in [6.45, 7) is 6.97. The third-order valence-corrected chi connectivity index (χ3v) is 13.3. The molecule has 1 radical (unpaired) electrons. The first-order valence-corrected chi connectivity index (χ1v) is 25.1. The number of benzene rings is 3. The molecule has 0 aliphatic heterocycles. The molecule has 1 aliphatic rings. The molecule has 0 saturated heterocycles. The largest absolute Gasteiger partial charge is 0 e. The molecule has 6 heteroatoms. The fourth-order valence-electron chi connectivity index (χ4n) is 6.63. The average Bonchev–Trinajstić information content (AvgIpc) is 3.84. The van der Waals surface area contributed by atoms with Gasteiger partial charge < -0.3 is 9.40 Å². The SMILES string of the molecule is [2H]C([2H])([2H])c1ccc2c(c1)oc1c(-c3cc(C([2H])([2H])C4CCCC4)c(C([2H])(C)C)cn3)[c-]cc(F)c12.[2H]C([2H])(c1cc(-c2[c-]cccc2)nc[c]1[Ge]([CH3])([CH3])[CH3])C(C)(C)C.[Ir]. The van der Waals surface area contributed by atoms with E-state index in [1.165, 1.54) is 24.4 Å². The summed E-state index contributed by atoms with van der Waals surface area (Å²) in [5, 5.41) is 0.638. The molecule has 0 spiro atoms. The molecule has 7 rings (SSSR count). The number of furan rings is 1. The topological polar surface area (TPSA) is 38.9 Å². The van der Waals surface area contributed by atoms with Crippen molar-refractivity contribution in [2.75, 3.05) is 0 Å². The fourth-order valence-corrected chi connectivity index (χ4v) is 9.56. The third kappa shape index (κ3) is 9.32. The number of hydrogen-bond donors (Lipinski definition) is 0. The van der Waals surface area contributed by atoms with Crippen molar-refractivity contribution in [1.82, 2.24) is 9.97 Å². The summed E-state index contributed by atoms with van der Waals surface area (Å²) in [5.74, 6) is 5.07. The van der Waals surface area contributed by atoms with Crippen LogP contribution in [0.15, 0.2) is 77.5 Å². The number of fused-ring (bicyclic) bond motifs is 3. The molecule has 52 heavy (non-hydrogen) atoms. The number of aryl methyl sites for hydroxylation is 1. The van der Waals surface area contributed by atoms with Crippen LogP contribution in [0.5, 0.6) is 0 Å². The van der Waals surface area contributed by atoms with E-state index in [1.54, 1.807) is 26.0 Å². The van der Waals surface area contributed by atoms with Crippen LogP contribution in [0.1, 0.15) is 99.4 Å². The first-order chi connectivity index (χ1) is 27.2. The van der Waals surface area contributed by atoms with E-state index in [4.69, 9.17) is 15.4 Å². The summed E-state index contributed by atoms with van der Waals surface area (Å²) in [6, 6.07) is 23.0. The maximum Gasteiger partial charge on any atom is 0 e. The summed E-state index contributed by atoms with van der Waals surface area (Å²) < 4.78 is 89.3. The molecule has 3 nitrogen and oxygen atoms in total. The first-order valence-electron chi connectivity index (χ1n) is 21.8. The number of pyridine rings is 2. The standard InChI is InChI=1S/C27H27FNO.C19H26GeN.Ir/c1-16(2)22-15-29-24(14-19(22)13-18-6-4-5-7-18)20-10-11-23(28)26-21-9-8-17(3)12-25(21)30-27(20)26;1-19(2,3)13-16-12-18(15-10-8-7-9-11-15)21-14-17(16)20(4,5)6;/h8-9,11-12,14-16,18H,4-7,13H2,1-3H3;7-10,12,14H,13H2,1-6H3;/q2*-1;/i3D3,13D2,16D;13D2;. The van der Waals surface area contributed by atoms with Gasteiger partial charge in [-0.1, -0.05) is 63.3 Å². The molecule has 0 N–H and O–H groups in total. The van der Waals surface area contributed by atoms with Crippen LogP contribution in [-0.2, 0) is 32.9 Å². The zero-order valence-corrected chi connectivity index (χ0v) is 35.8. The number of nitrogens with zero attached hydrogens (tertiary/aromatic N) is 2. The molecule has 6 aromatic rings. The van der Waals surface area contributed by atoms with Crippen molar-refractivity contribution in [3.63, 3.8) is 0 Å². The number of halogens is 1. The van der Waals surface area contributed by atoms with Crippen LogP contribution in [0.3, 0.4) is 0 Å². The van der Waals surface area contributed by atoms with Gasteiger partial charge in [0.1, 0.15) is 5.58 Å². The van der Waals surface area contributed by atoms with Gasteiger partial charge in [-0.05, 0) is 58.9 Å². The predicted octanol–water partition coefficient (Wildman–Crippen LogP) is 12.4. The maximum atomic E-state index is 15.0.